The van der Waals surface area contributed by atoms with Crippen LogP contribution < -0.4 is 0 Å². The van der Waals surface area contributed by atoms with Gasteiger partial charge in [-0.2, -0.15) is 5.10 Å². The summed E-state index contributed by atoms with van der Waals surface area (Å²) in [6.07, 6.45) is 2.90. The summed E-state index contributed by atoms with van der Waals surface area (Å²) in [5, 5.41) is 4.26. The van der Waals surface area contributed by atoms with Gasteiger partial charge in [-0.3, -0.25) is 4.79 Å². The van der Waals surface area contributed by atoms with Gasteiger partial charge in [0.1, 0.15) is 5.76 Å². The van der Waals surface area contributed by atoms with E-state index >= 15 is 0 Å². The molecule has 0 unspecified atom stereocenters. The lowest BCUT2D eigenvalue weighted by Gasteiger charge is -2.09. The Kier molecular flexibility index (Phi) is 2.91. The molecule has 3 amide bonds. The second-order valence-corrected chi connectivity index (χ2v) is 3.39. The molecule has 0 spiro atoms. The molecule has 1 fully saturated rings. The molecule has 16 heavy (non-hydrogen) atoms. The van der Waals surface area contributed by atoms with Crippen molar-refractivity contribution in [3.05, 3.63) is 24.2 Å². The van der Waals surface area contributed by atoms with Crippen molar-refractivity contribution in [2.45, 2.75) is 0 Å². The second-order valence-electron chi connectivity index (χ2n) is 3.07. The molecule has 0 atom stereocenters. The Bertz CT molecular complexity index is 429. The molecule has 1 aromatic heterocycles. The maximum atomic E-state index is 11.5. The zero-order chi connectivity index (χ0) is 11.5. The zero-order valence-electron chi connectivity index (χ0n) is 8.17. The molecule has 84 valence electrons. The molecule has 1 aromatic rings. The molecule has 0 bridgehead atoms. The van der Waals surface area contributed by atoms with E-state index in [1.807, 2.05) is 0 Å². The number of urea groups is 1. The smallest absolute Gasteiger partial charge is 0.348 e. The largest absolute Gasteiger partial charge is 0.463 e. The van der Waals surface area contributed by atoms with Crippen molar-refractivity contribution < 1.29 is 14.0 Å². The molecule has 1 aliphatic heterocycles. The highest BCUT2D eigenvalue weighted by molar-refractivity contribution is 6.64. The number of hydrogen-bond acceptors (Lipinski definition) is 4. The third-order valence-corrected chi connectivity index (χ3v) is 2.27. The molecule has 6 nitrogen and oxygen atoms in total. The van der Waals surface area contributed by atoms with Gasteiger partial charge in [-0.25, -0.2) is 14.7 Å². The Balaban J connectivity index is 2.03. The fraction of sp³-hybridized carbons (Fsp3) is 0.222. The average Bonchev–Trinajstić information content (AvgIpc) is 2.84. The number of rotatable bonds is 2. The molecule has 0 N–H and O–H groups in total. The van der Waals surface area contributed by atoms with Crippen LogP contribution in [0.15, 0.2) is 27.9 Å². The van der Waals surface area contributed by atoms with Crippen LogP contribution >= 0.6 is 11.6 Å². The number of hydrazone groups is 1. The highest BCUT2D eigenvalue weighted by atomic mass is 35.5. The van der Waals surface area contributed by atoms with Crippen LogP contribution in [0, 0.1) is 0 Å². The predicted molar refractivity (Wildman–Crippen MR) is 56.4 cm³/mol. The number of imide groups is 1. The van der Waals surface area contributed by atoms with Gasteiger partial charge >= 0.3 is 11.4 Å². The number of halogens is 1. The number of amides is 3. The Labute approximate surface area is 96.1 Å². The first kappa shape index (κ1) is 10.7. The van der Waals surface area contributed by atoms with Crippen LogP contribution in [0.4, 0.5) is 9.59 Å². The SMILES string of the molecule is O=C(Cl)N1CCN(/N=C/c2ccco2)C1=O. The number of carbonyl (C=O) groups excluding carboxylic acids is 2. The average molecular weight is 242 g/mol. The number of carbonyl (C=O) groups is 2. The van der Waals surface area contributed by atoms with Gasteiger partial charge in [0.15, 0.2) is 0 Å². The van der Waals surface area contributed by atoms with E-state index < -0.39 is 11.4 Å². The minimum atomic E-state index is -0.791. The minimum Gasteiger partial charge on any atom is -0.463 e. The van der Waals surface area contributed by atoms with Crippen LogP contribution in [-0.2, 0) is 0 Å². The van der Waals surface area contributed by atoms with Crippen molar-refractivity contribution >= 4 is 29.2 Å². The van der Waals surface area contributed by atoms with Crippen molar-refractivity contribution in [1.29, 1.82) is 0 Å². The third kappa shape index (κ3) is 2.06. The van der Waals surface area contributed by atoms with E-state index in [1.54, 1.807) is 12.1 Å². The lowest BCUT2D eigenvalue weighted by atomic mass is 10.5. The molecule has 1 aliphatic rings. The van der Waals surface area contributed by atoms with E-state index in [-0.39, 0.29) is 6.54 Å². The van der Waals surface area contributed by atoms with Gasteiger partial charge in [-0.05, 0) is 23.7 Å². The first-order valence-corrected chi connectivity index (χ1v) is 4.92. The highest BCUT2D eigenvalue weighted by Gasteiger charge is 2.32. The first-order chi connectivity index (χ1) is 7.68. The summed E-state index contributed by atoms with van der Waals surface area (Å²) < 4.78 is 5.01. The van der Waals surface area contributed by atoms with Gasteiger partial charge in [-0.15, -0.1) is 0 Å². The van der Waals surface area contributed by atoms with Gasteiger partial charge in [0.2, 0.25) is 0 Å². The summed E-state index contributed by atoms with van der Waals surface area (Å²) >= 11 is 5.21. The number of nitrogens with zero attached hydrogens (tertiary/aromatic N) is 3. The zero-order valence-corrected chi connectivity index (χ0v) is 8.92. The third-order valence-electron chi connectivity index (χ3n) is 2.07. The Morgan fingerprint density at radius 1 is 1.56 bits per heavy atom. The Morgan fingerprint density at radius 3 is 2.94 bits per heavy atom. The topological polar surface area (TPSA) is 66.1 Å². The summed E-state index contributed by atoms with van der Waals surface area (Å²) in [7, 11) is 0. The second kappa shape index (κ2) is 4.36. The van der Waals surface area contributed by atoms with Crippen LogP contribution in [0.25, 0.3) is 0 Å². The minimum absolute atomic E-state index is 0.247. The fourth-order valence-electron chi connectivity index (χ4n) is 1.29. The molecular formula is C9H8ClN3O3. The lowest BCUT2D eigenvalue weighted by molar-refractivity contribution is 0.195. The van der Waals surface area contributed by atoms with Gasteiger partial charge < -0.3 is 4.42 Å². The van der Waals surface area contributed by atoms with E-state index in [0.29, 0.717) is 12.3 Å². The van der Waals surface area contributed by atoms with E-state index in [0.717, 1.165) is 9.91 Å². The quantitative estimate of drug-likeness (QED) is 0.450. The van der Waals surface area contributed by atoms with Crippen LogP contribution in [0.2, 0.25) is 0 Å². The Morgan fingerprint density at radius 2 is 2.38 bits per heavy atom. The Hall–Kier alpha value is -1.82. The summed E-state index contributed by atoms with van der Waals surface area (Å²) in [5.74, 6) is 0.531. The monoisotopic (exact) mass is 241 g/mol. The van der Waals surface area contributed by atoms with Gasteiger partial charge in [-0.1, -0.05) is 0 Å². The van der Waals surface area contributed by atoms with Crippen LogP contribution in [-0.4, -0.2) is 40.6 Å². The lowest BCUT2D eigenvalue weighted by Crippen LogP contribution is -2.30. The van der Waals surface area contributed by atoms with Crippen molar-refractivity contribution in [2.24, 2.45) is 5.10 Å². The standard InChI is InChI=1S/C9H8ClN3O3/c10-8(14)12-3-4-13(9(12)15)11-6-7-2-1-5-16-7/h1-2,5-6H,3-4H2/b11-6+. The van der Waals surface area contributed by atoms with Crippen molar-refractivity contribution in [1.82, 2.24) is 9.91 Å². The normalized spacial score (nSPS) is 16.4. The molecular weight excluding hydrogens is 234 g/mol. The number of hydrogen-bond donors (Lipinski definition) is 0. The maximum absolute atomic E-state index is 11.5. The molecule has 7 heteroatoms. The van der Waals surface area contributed by atoms with Crippen molar-refractivity contribution in [3.8, 4) is 0 Å². The summed E-state index contributed by atoms with van der Waals surface area (Å²) in [6.45, 7) is 0.575. The van der Waals surface area contributed by atoms with Gasteiger partial charge in [0.05, 0.1) is 25.6 Å². The van der Waals surface area contributed by atoms with Crippen LogP contribution in [0.5, 0.6) is 0 Å². The molecule has 0 radical (unpaired) electrons. The van der Waals surface area contributed by atoms with E-state index in [1.165, 1.54) is 12.5 Å². The van der Waals surface area contributed by atoms with Crippen molar-refractivity contribution in [2.75, 3.05) is 13.1 Å². The van der Waals surface area contributed by atoms with E-state index in [9.17, 15) is 9.59 Å². The summed E-state index contributed by atoms with van der Waals surface area (Å²) in [5.41, 5.74) is 0. The molecule has 2 rings (SSSR count). The van der Waals surface area contributed by atoms with Gasteiger partial charge in [0.25, 0.3) is 0 Å². The predicted octanol–water partition coefficient (Wildman–Crippen LogP) is 1.71. The van der Waals surface area contributed by atoms with E-state index in [2.05, 4.69) is 5.10 Å². The maximum Gasteiger partial charge on any atom is 0.348 e. The molecule has 0 aliphatic carbocycles. The van der Waals surface area contributed by atoms with Crippen LogP contribution in [0.3, 0.4) is 0 Å². The van der Waals surface area contributed by atoms with E-state index in [4.69, 9.17) is 16.0 Å². The molecule has 0 aromatic carbocycles. The van der Waals surface area contributed by atoms with Crippen molar-refractivity contribution in [3.63, 3.8) is 0 Å². The summed E-state index contributed by atoms with van der Waals surface area (Å²) in [6, 6.07) is 2.89. The highest BCUT2D eigenvalue weighted by Crippen LogP contribution is 2.11. The molecule has 2 heterocycles. The summed E-state index contributed by atoms with van der Waals surface area (Å²) in [4.78, 5) is 23.2. The van der Waals surface area contributed by atoms with Crippen LogP contribution in [0.1, 0.15) is 5.76 Å². The fourth-order valence-corrected chi connectivity index (χ4v) is 1.44. The first-order valence-electron chi connectivity index (χ1n) is 4.54. The van der Waals surface area contributed by atoms with Gasteiger partial charge in [0, 0.05) is 0 Å². The molecule has 0 saturated carbocycles. The molecule has 1 saturated heterocycles. The number of furan rings is 1.